The molecule has 2 rings (SSSR count). The third-order valence-corrected chi connectivity index (χ3v) is 3.50. The molecule has 0 fully saturated rings. The molecule has 110 valence electrons. The molecule has 1 N–H and O–H groups in total. The lowest BCUT2D eigenvalue weighted by Crippen LogP contribution is -2.16. The van der Waals surface area contributed by atoms with Crippen LogP contribution in [-0.2, 0) is 19.4 Å². The Balaban J connectivity index is 1.74. The van der Waals surface area contributed by atoms with Crippen molar-refractivity contribution in [1.29, 1.82) is 0 Å². The smallest absolute Gasteiger partial charge is 0.269 e. The van der Waals surface area contributed by atoms with Crippen LogP contribution in [0.1, 0.15) is 23.6 Å². The lowest BCUT2D eigenvalue weighted by Gasteiger charge is -2.06. The standard InChI is InChI=1S/C17H20N2O2/c1-2-14-3-5-16(6-4-14)13-18-12-11-15-7-9-17(10-8-15)19(20)21/h3-10,18H,2,11-13H2,1H3. The molecule has 0 unspecified atom stereocenters. The van der Waals surface area contributed by atoms with E-state index in [1.54, 1.807) is 12.1 Å². The third kappa shape index (κ3) is 4.68. The molecular weight excluding hydrogens is 264 g/mol. The number of benzene rings is 2. The van der Waals surface area contributed by atoms with Crippen LogP contribution in [0.5, 0.6) is 0 Å². The summed E-state index contributed by atoms with van der Waals surface area (Å²) in [6, 6.07) is 15.4. The Labute approximate surface area is 125 Å². The van der Waals surface area contributed by atoms with Gasteiger partial charge < -0.3 is 5.32 Å². The van der Waals surface area contributed by atoms with Gasteiger partial charge in [0.15, 0.2) is 0 Å². The number of rotatable bonds is 7. The van der Waals surface area contributed by atoms with Gasteiger partial charge in [0.1, 0.15) is 0 Å². The van der Waals surface area contributed by atoms with Gasteiger partial charge in [0, 0.05) is 18.7 Å². The van der Waals surface area contributed by atoms with Gasteiger partial charge in [-0.05, 0) is 36.1 Å². The molecule has 0 saturated carbocycles. The maximum atomic E-state index is 10.6. The Kier molecular flexibility index (Phi) is 5.46. The maximum absolute atomic E-state index is 10.6. The third-order valence-electron chi connectivity index (χ3n) is 3.50. The van der Waals surface area contributed by atoms with Crippen molar-refractivity contribution >= 4 is 5.69 Å². The highest BCUT2D eigenvalue weighted by Gasteiger charge is 2.03. The van der Waals surface area contributed by atoms with Crippen LogP contribution in [-0.4, -0.2) is 11.5 Å². The molecule has 0 spiro atoms. The van der Waals surface area contributed by atoms with Crippen molar-refractivity contribution in [3.05, 3.63) is 75.3 Å². The SMILES string of the molecule is CCc1ccc(CNCCc2ccc([N+](=O)[O-])cc2)cc1. The van der Waals surface area contributed by atoms with Crippen molar-refractivity contribution < 1.29 is 4.92 Å². The molecule has 0 heterocycles. The van der Waals surface area contributed by atoms with Crippen LogP contribution >= 0.6 is 0 Å². The van der Waals surface area contributed by atoms with Gasteiger partial charge in [0.25, 0.3) is 5.69 Å². The first kappa shape index (κ1) is 15.2. The highest BCUT2D eigenvalue weighted by atomic mass is 16.6. The molecule has 0 aromatic heterocycles. The average Bonchev–Trinajstić information content (AvgIpc) is 2.52. The van der Waals surface area contributed by atoms with Crippen molar-refractivity contribution in [1.82, 2.24) is 5.32 Å². The number of aryl methyl sites for hydroxylation is 1. The monoisotopic (exact) mass is 284 g/mol. The topological polar surface area (TPSA) is 55.2 Å². The predicted molar refractivity (Wildman–Crippen MR) is 84.3 cm³/mol. The molecule has 0 aliphatic rings. The number of nitro groups is 1. The number of hydrogen-bond donors (Lipinski definition) is 1. The van der Waals surface area contributed by atoms with E-state index in [1.165, 1.54) is 11.1 Å². The fraction of sp³-hybridized carbons (Fsp3) is 0.294. The number of nitrogens with zero attached hydrogens (tertiary/aromatic N) is 1. The molecule has 0 radical (unpaired) electrons. The van der Waals surface area contributed by atoms with Crippen LogP contribution in [0.15, 0.2) is 48.5 Å². The summed E-state index contributed by atoms with van der Waals surface area (Å²) in [7, 11) is 0. The van der Waals surface area contributed by atoms with E-state index in [2.05, 4.69) is 36.5 Å². The average molecular weight is 284 g/mol. The summed E-state index contributed by atoms with van der Waals surface area (Å²) < 4.78 is 0. The van der Waals surface area contributed by atoms with Gasteiger partial charge in [-0.25, -0.2) is 0 Å². The second-order valence-electron chi connectivity index (χ2n) is 5.02. The summed E-state index contributed by atoms with van der Waals surface area (Å²) in [5.41, 5.74) is 3.87. The quantitative estimate of drug-likeness (QED) is 0.481. The Morgan fingerprint density at radius 1 is 0.952 bits per heavy atom. The molecular formula is C17H20N2O2. The van der Waals surface area contributed by atoms with E-state index in [-0.39, 0.29) is 10.6 Å². The first-order chi connectivity index (χ1) is 10.2. The van der Waals surface area contributed by atoms with E-state index in [9.17, 15) is 10.1 Å². The Morgan fingerprint density at radius 2 is 1.52 bits per heavy atom. The first-order valence-corrected chi connectivity index (χ1v) is 7.21. The molecule has 0 atom stereocenters. The van der Waals surface area contributed by atoms with E-state index in [1.807, 2.05) is 12.1 Å². The summed E-state index contributed by atoms with van der Waals surface area (Å²) in [6.07, 6.45) is 1.93. The van der Waals surface area contributed by atoms with Gasteiger partial charge in [0.05, 0.1) is 4.92 Å². The second kappa shape index (κ2) is 7.55. The minimum absolute atomic E-state index is 0.141. The summed E-state index contributed by atoms with van der Waals surface area (Å²) in [5, 5.41) is 14.0. The zero-order valence-electron chi connectivity index (χ0n) is 12.2. The highest BCUT2D eigenvalue weighted by Crippen LogP contribution is 2.12. The summed E-state index contributed by atoms with van der Waals surface area (Å²) in [4.78, 5) is 10.2. The number of hydrogen-bond acceptors (Lipinski definition) is 3. The second-order valence-corrected chi connectivity index (χ2v) is 5.02. The Hall–Kier alpha value is -2.20. The van der Waals surface area contributed by atoms with Crippen LogP contribution in [0.3, 0.4) is 0 Å². The van der Waals surface area contributed by atoms with Crippen molar-refractivity contribution in [2.45, 2.75) is 26.3 Å². The molecule has 0 aliphatic carbocycles. The summed E-state index contributed by atoms with van der Waals surface area (Å²) in [5.74, 6) is 0. The van der Waals surface area contributed by atoms with Crippen molar-refractivity contribution in [2.75, 3.05) is 6.54 Å². The Bertz CT molecular complexity index is 577. The molecule has 0 bridgehead atoms. The lowest BCUT2D eigenvalue weighted by molar-refractivity contribution is -0.384. The number of nitro benzene ring substituents is 1. The lowest BCUT2D eigenvalue weighted by atomic mass is 10.1. The zero-order chi connectivity index (χ0) is 15.1. The minimum Gasteiger partial charge on any atom is -0.312 e. The van der Waals surface area contributed by atoms with E-state index in [0.717, 1.165) is 31.5 Å². The fourth-order valence-electron chi connectivity index (χ4n) is 2.14. The van der Waals surface area contributed by atoms with Crippen molar-refractivity contribution in [3.8, 4) is 0 Å². The Morgan fingerprint density at radius 3 is 2.10 bits per heavy atom. The molecule has 4 heteroatoms. The largest absolute Gasteiger partial charge is 0.312 e. The van der Waals surface area contributed by atoms with E-state index in [0.29, 0.717) is 0 Å². The van der Waals surface area contributed by atoms with Gasteiger partial charge in [0.2, 0.25) is 0 Å². The number of non-ortho nitro benzene ring substituents is 1. The zero-order valence-corrected chi connectivity index (χ0v) is 12.2. The molecule has 21 heavy (non-hydrogen) atoms. The van der Waals surface area contributed by atoms with Crippen LogP contribution < -0.4 is 5.32 Å². The highest BCUT2D eigenvalue weighted by molar-refractivity contribution is 5.33. The molecule has 0 saturated heterocycles. The van der Waals surface area contributed by atoms with Crippen molar-refractivity contribution in [3.63, 3.8) is 0 Å². The van der Waals surface area contributed by atoms with E-state index in [4.69, 9.17) is 0 Å². The van der Waals surface area contributed by atoms with Gasteiger partial charge >= 0.3 is 0 Å². The summed E-state index contributed by atoms with van der Waals surface area (Å²) in [6.45, 7) is 3.85. The van der Waals surface area contributed by atoms with E-state index >= 15 is 0 Å². The van der Waals surface area contributed by atoms with Gasteiger partial charge in [-0.1, -0.05) is 43.3 Å². The number of nitrogens with one attached hydrogen (secondary N) is 1. The first-order valence-electron chi connectivity index (χ1n) is 7.21. The normalized spacial score (nSPS) is 10.5. The van der Waals surface area contributed by atoms with Gasteiger partial charge in [-0.15, -0.1) is 0 Å². The van der Waals surface area contributed by atoms with Crippen LogP contribution in [0.4, 0.5) is 5.69 Å². The molecule has 0 aliphatic heterocycles. The van der Waals surface area contributed by atoms with Crippen LogP contribution in [0.2, 0.25) is 0 Å². The molecule has 2 aromatic rings. The van der Waals surface area contributed by atoms with Gasteiger partial charge in [-0.2, -0.15) is 0 Å². The van der Waals surface area contributed by atoms with Crippen LogP contribution in [0, 0.1) is 10.1 Å². The molecule has 4 nitrogen and oxygen atoms in total. The maximum Gasteiger partial charge on any atom is 0.269 e. The van der Waals surface area contributed by atoms with E-state index < -0.39 is 0 Å². The predicted octanol–water partition coefficient (Wildman–Crippen LogP) is 3.49. The fourth-order valence-corrected chi connectivity index (χ4v) is 2.14. The minimum atomic E-state index is -0.373. The van der Waals surface area contributed by atoms with Crippen LogP contribution in [0.25, 0.3) is 0 Å². The van der Waals surface area contributed by atoms with Crippen molar-refractivity contribution in [2.24, 2.45) is 0 Å². The summed E-state index contributed by atoms with van der Waals surface area (Å²) >= 11 is 0. The van der Waals surface area contributed by atoms with Gasteiger partial charge in [-0.3, -0.25) is 10.1 Å². The molecule has 2 aromatic carbocycles. The molecule has 0 amide bonds.